The predicted octanol–water partition coefficient (Wildman–Crippen LogP) is 3.67. The number of benzene rings is 1. The Kier molecular flexibility index (Phi) is 5.92. The highest BCUT2D eigenvalue weighted by atomic mass is 79.9. The molecule has 1 rings (SSSR count). The average molecular weight is 326 g/mol. The molecule has 0 amide bonds. The maximum Gasteiger partial charge on any atom is 0.340 e. The highest BCUT2D eigenvalue weighted by molar-refractivity contribution is 9.10. The minimum atomic E-state index is -0.664. The lowest BCUT2D eigenvalue weighted by Gasteiger charge is -2.05. The van der Waals surface area contributed by atoms with Gasteiger partial charge in [0.25, 0.3) is 0 Å². The van der Waals surface area contributed by atoms with E-state index in [9.17, 15) is 4.79 Å². The second-order valence-electron chi connectivity index (χ2n) is 3.33. The first-order chi connectivity index (χ1) is 9.12. The van der Waals surface area contributed by atoms with E-state index in [1.165, 1.54) is 6.08 Å². The molecule has 1 aromatic carbocycles. The van der Waals surface area contributed by atoms with Crippen molar-refractivity contribution in [3.63, 3.8) is 0 Å². The van der Waals surface area contributed by atoms with Crippen LogP contribution < -0.4 is 4.74 Å². The maximum absolute atomic E-state index is 11.6. The number of nitrogens with zero attached hydrogens (tertiary/aromatic N) is 3. The molecule has 0 heterocycles. The molecular weight excluding hydrogens is 314 g/mol. The van der Waals surface area contributed by atoms with Crippen molar-refractivity contribution in [3.8, 4) is 5.75 Å². The number of carbonyl (C=O) groups is 1. The van der Waals surface area contributed by atoms with E-state index in [0.29, 0.717) is 15.8 Å². The van der Waals surface area contributed by atoms with Gasteiger partial charge in [0.2, 0.25) is 0 Å². The van der Waals surface area contributed by atoms with Crippen LogP contribution in [0.4, 0.5) is 0 Å². The van der Waals surface area contributed by atoms with Crippen LogP contribution in [-0.2, 0) is 9.53 Å². The predicted molar refractivity (Wildman–Crippen MR) is 74.5 cm³/mol. The molecule has 0 saturated carbocycles. The van der Waals surface area contributed by atoms with Gasteiger partial charge in [-0.3, -0.25) is 0 Å². The first-order valence-electron chi connectivity index (χ1n) is 5.39. The number of ether oxygens (including phenoxy) is 2. The molecule has 0 aliphatic heterocycles. The molecule has 0 atom stereocenters. The van der Waals surface area contributed by atoms with Gasteiger partial charge in [0.1, 0.15) is 11.4 Å². The van der Waals surface area contributed by atoms with Crippen LogP contribution in [0.2, 0.25) is 0 Å². The lowest BCUT2D eigenvalue weighted by atomic mass is 10.2. The van der Waals surface area contributed by atoms with E-state index in [1.54, 1.807) is 32.2 Å². The van der Waals surface area contributed by atoms with Gasteiger partial charge in [0.05, 0.1) is 13.7 Å². The van der Waals surface area contributed by atoms with Crippen LogP contribution in [0.5, 0.6) is 5.75 Å². The molecule has 6 nitrogen and oxygen atoms in total. The van der Waals surface area contributed by atoms with Crippen LogP contribution in [0.1, 0.15) is 12.5 Å². The summed E-state index contributed by atoms with van der Waals surface area (Å²) >= 11 is 3.34. The number of azide groups is 1. The Hall–Kier alpha value is -1.98. The third-order valence-electron chi connectivity index (χ3n) is 2.14. The quantitative estimate of drug-likeness (QED) is 0.272. The first kappa shape index (κ1) is 15.1. The zero-order valence-corrected chi connectivity index (χ0v) is 12.0. The molecule has 100 valence electrons. The largest absolute Gasteiger partial charge is 0.497 e. The second-order valence-corrected chi connectivity index (χ2v) is 4.18. The van der Waals surface area contributed by atoms with Crippen molar-refractivity contribution in [2.24, 2.45) is 5.11 Å². The summed E-state index contributed by atoms with van der Waals surface area (Å²) < 4.78 is 10.6. The van der Waals surface area contributed by atoms with Crippen molar-refractivity contribution in [1.82, 2.24) is 0 Å². The molecule has 0 unspecified atom stereocenters. The minimum Gasteiger partial charge on any atom is -0.497 e. The van der Waals surface area contributed by atoms with Crippen molar-refractivity contribution in [3.05, 3.63) is 44.4 Å². The van der Waals surface area contributed by atoms with Gasteiger partial charge in [-0.2, -0.15) is 0 Å². The van der Waals surface area contributed by atoms with Gasteiger partial charge < -0.3 is 9.47 Å². The Balaban J connectivity index is 3.15. The Morgan fingerprint density at radius 1 is 1.58 bits per heavy atom. The van der Waals surface area contributed by atoms with Crippen LogP contribution in [0, 0.1) is 0 Å². The van der Waals surface area contributed by atoms with E-state index in [2.05, 4.69) is 26.0 Å². The monoisotopic (exact) mass is 325 g/mol. The van der Waals surface area contributed by atoms with E-state index in [-0.39, 0.29) is 12.3 Å². The molecular formula is C12H12BrN3O3. The molecule has 0 bridgehead atoms. The third kappa shape index (κ3) is 4.31. The molecule has 0 radical (unpaired) electrons. The van der Waals surface area contributed by atoms with Gasteiger partial charge in [-0.05, 0) is 36.2 Å². The van der Waals surface area contributed by atoms with Crippen molar-refractivity contribution in [1.29, 1.82) is 0 Å². The van der Waals surface area contributed by atoms with Crippen LogP contribution in [0.15, 0.2) is 33.5 Å². The maximum atomic E-state index is 11.6. The lowest BCUT2D eigenvalue weighted by Crippen LogP contribution is -2.05. The zero-order chi connectivity index (χ0) is 14.3. The van der Waals surface area contributed by atoms with Crippen LogP contribution in [-0.4, -0.2) is 19.7 Å². The van der Waals surface area contributed by atoms with Gasteiger partial charge in [-0.25, -0.2) is 4.79 Å². The second kappa shape index (κ2) is 7.45. The van der Waals surface area contributed by atoms with Crippen LogP contribution in [0.25, 0.3) is 16.5 Å². The molecule has 0 fully saturated rings. The summed E-state index contributed by atoms with van der Waals surface area (Å²) in [6.07, 6.45) is 1.45. The third-order valence-corrected chi connectivity index (χ3v) is 2.82. The standard InChI is InChI=1S/C12H12BrN3O3/c1-3-19-12(17)11(15-16-14)6-8-4-5-9(18-2)7-10(8)13/h4-7H,3H2,1-2H3. The fourth-order valence-electron chi connectivity index (χ4n) is 1.28. The van der Waals surface area contributed by atoms with Gasteiger partial charge >= 0.3 is 5.97 Å². The number of hydrogen-bond acceptors (Lipinski definition) is 4. The van der Waals surface area contributed by atoms with Gasteiger partial charge in [-0.1, -0.05) is 27.1 Å². The molecule has 0 aliphatic rings. The number of methoxy groups -OCH3 is 1. The summed E-state index contributed by atoms with van der Waals surface area (Å²) in [5.74, 6) is 0.00788. The topological polar surface area (TPSA) is 84.3 Å². The molecule has 1 aromatic rings. The summed E-state index contributed by atoms with van der Waals surface area (Å²) in [6.45, 7) is 1.88. The summed E-state index contributed by atoms with van der Waals surface area (Å²) in [6, 6.07) is 5.20. The highest BCUT2D eigenvalue weighted by Crippen LogP contribution is 2.25. The number of rotatable bonds is 5. The fourth-order valence-corrected chi connectivity index (χ4v) is 1.75. The van der Waals surface area contributed by atoms with Gasteiger partial charge in [0, 0.05) is 9.38 Å². The smallest absolute Gasteiger partial charge is 0.340 e. The first-order valence-corrected chi connectivity index (χ1v) is 6.19. The Labute approximate surface area is 118 Å². The SMILES string of the molecule is CCOC(=O)C(=Cc1ccc(OC)cc1Br)N=[N+]=[N-]. The average Bonchev–Trinajstić information content (AvgIpc) is 2.40. The summed E-state index contributed by atoms with van der Waals surface area (Å²) in [7, 11) is 1.56. The number of halogens is 1. The fraction of sp³-hybridized carbons (Fsp3) is 0.250. The Morgan fingerprint density at radius 3 is 2.84 bits per heavy atom. The molecule has 19 heavy (non-hydrogen) atoms. The van der Waals surface area contributed by atoms with Crippen molar-refractivity contribution < 1.29 is 14.3 Å². The Bertz CT molecular complexity index is 551. The Morgan fingerprint density at radius 2 is 2.32 bits per heavy atom. The number of esters is 1. The summed E-state index contributed by atoms with van der Waals surface area (Å²) in [5.41, 5.74) is 9.04. The molecule has 0 saturated heterocycles. The van der Waals surface area contributed by atoms with Crippen LogP contribution >= 0.6 is 15.9 Å². The molecule has 0 aliphatic carbocycles. The van der Waals surface area contributed by atoms with Gasteiger partial charge in [-0.15, -0.1) is 0 Å². The molecule has 0 spiro atoms. The van der Waals surface area contributed by atoms with Crippen molar-refractivity contribution >= 4 is 28.0 Å². The van der Waals surface area contributed by atoms with E-state index in [1.807, 2.05) is 0 Å². The van der Waals surface area contributed by atoms with E-state index in [0.717, 1.165) is 0 Å². The minimum absolute atomic E-state index is 0.102. The normalized spacial score (nSPS) is 10.6. The number of hydrogen-bond donors (Lipinski definition) is 0. The molecule has 0 N–H and O–H groups in total. The summed E-state index contributed by atoms with van der Waals surface area (Å²) in [4.78, 5) is 14.2. The van der Waals surface area contributed by atoms with Crippen LogP contribution in [0.3, 0.4) is 0 Å². The van der Waals surface area contributed by atoms with E-state index in [4.69, 9.17) is 15.0 Å². The van der Waals surface area contributed by atoms with Crippen molar-refractivity contribution in [2.45, 2.75) is 6.92 Å². The highest BCUT2D eigenvalue weighted by Gasteiger charge is 2.10. The molecule has 7 heteroatoms. The van der Waals surface area contributed by atoms with E-state index < -0.39 is 5.97 Å². The lowest BCUT2D eigenvalue weighted by molar-refractivity contribution is -0.138. The molecule has 0 aromatic heterocycles. The number of carbonyl (C=O) groups excluding carboxylic acids is 1. The summed E-state index contributed by atoms with van der Waals surface area (Å²) in [5, 5.41) is 3.34. The van der Waals surface area contributed by atoms with E-state index >= 15 is 0 Å². The zero-order valence-electron chi connectivity index (χ0n) is 10.5. The van der Waals surface area contributed by atoms with Crippen molar-refractivity contribution in [2.75, 3.05) is 13.7 Å². The van der Waals surface area contributed by atoms with Gasteiger partial charge in [0.15, 0.2) is 0 Å².